The predicted molar refractivity (Wildman–Crippen MR) is 142 cm³/mol. The Bertz CT molecular complexity index is 1640. The van der Waals surface area contributed by atoms with Crippen LogP contribution in [-0.2, 0) is 4.74 Å². The standard InChI is InChI=1S/C30H19ClN2O4/c1-35-30(34)23-16-21(12-14-25(23)31)26-15-13-22(36-26)18-33-29-24(17-32)27(19-8-4-2-5-9-19)28(37-29)20-10-6-3-7-11-20/h2-16,18H,1H3. The van der Waals surface area contributed by atoms with Crippen LogP contribution in [0.5, 0.6) is 0 Å². The quantitative estimate of drug-likeness (QED) is 0.172. The minimum absolute atomic E-state index is 0.178. The minimum atomic E-state index is -0.537. The molecule has 6 nitrogen and oxygen atoms in total. The highest BCUT2D eigenvalue weighted by molar-refractivity contribution is 6.33. The smallest absolute Gasteiger partial charge is 0.339 e. The topological polar surface area (TPSA) is 88.7 Å². The van der Waals surface area contributed by atoms with Crippen LogP contribution < -0.4 is 0 Å². The summed E-state index contributed by atoms with van der Waals surface area (Å²) in [6.07, 6.45) is 1.49. The van der Waals surface area contributed by atoms with Crippen LogP contribution in [0.1, 0.15) is 21.7 Å². The van der Waals surface area contributed by atoms with Crippen molar-refractivity contribution in [2.75, 3.05) is 7.11 Å². The van der Waals surface area contributed by atoms with Gasteiger partial charge in [-0.05, 0) is 35.9 Å². The lowest BCUT2D eigenvalue weighted by Gasteiger charge is -2.04. The molecular weight excluding hydrogens is 488 g/mol. The van der Waals surface area contributed by atoms with Crippen LogP contribution in [0.25, 0.3) is 33.8 Å². The Morgan fingerprint density at radius 1 is 0.919 bits per heavy atom. The highest BCUT2D eigenvalue weighted by Gasteiger charge is 2.22. The first kappa shape index (κ1) is 23.9. The summed E-state index contributed by atoms with van der Waals surface area (Å²) in [6.45, 7) is 0. The van der Waals surface area contributed by atoms with Crippen molar-refractivity contribution in [2.45, 2.75) is 0 Å². The van der Waals surface area contributed by atoms with Crippen LogP contribution in [0.15, 0.2) is 105 Å². The monoisotopic (exact) mass is 506 g/mol. The minimum Gasteiger partial charge on any atom is -0.465 e. The molecule has 7 heteroatoms. The van der Waals surface area contributed by atoms with E-state index in [4.69, 9.17) is 25.2 Å². The molecule has 2 heterocycles. The number of esters is 1. The molecule has 0 bridgehead atoms. The fourth-order valence-corrected chi connectivity index (χ4v) is 4.13. The molecule has 0 N–H and O–H groups in total. The van der Waals surface area contributed by atoms with E-state index < -0.39 is 5.97 Å². The third-order valence-corrected chi connectivity index (χ3v) is 6.02. The summed E-state index contributed by atoms with van der Waals surface area (Å²) in [6, 6.07) is 29.9. The average molecular weight is 507 g/mol. The fourth-order valence-electron chi connectivity index (χ4n) is 3.93. The summed E-state index contributed by atoms with van der Waals surface area (Å²) < 4.78 is 16.8. The molecule has 0 aliphatic rings. The predicted octanol–water partition coefficient (Wildman–Crippen LogP) is 7.94. The Hall–Kier alpha value is -4.86. The van der Waals surface area contributed by atoms with Gasteiger partial charge in [0.2, 0.25) is 5.88 Å². The summed E-state index contributed by atoms with van der Waals surface area (Å²) >= 11 is 6.12. The van der Waals surface area contributed by atoms with Crippen LogP contribution in [-0.4, -0.2) is 19.3 Å². The molecule has 0 saturated carbocycles. The fraction of sp³-hybridized carbons (Fsp3) is 0.0333. The number of benzene rings is 3. The number of rotatable bonds is 6. The molecule has 180 valence electrons. The van der Waals surface area contributed by atoms with E-state index in [9.17, 15) is 10.1 Å². The Morgan fingerprint density at radius 3 is 2.30 bits per heavy atom. The van der Waals surface area contributed by atoms with E-state index in [1.807, 2.05) is 60.7 Å². The van der Waals surface area contributed by atoms with Crippen LogP contribution in [0.2, 0.25) is 5.02 Å². The first-order valence-electron chi connectivity index (χ1n) is 11.3. The number of furan rings is 2. The molecule has 0 radical (unpaired) electrons. The van der Waals surface area contributed by atoms with Crippen molar-refractivity contribution in [3.8, 4) is 39.8 Å². The van der Waals surface area contributed by atoms with Crippen LogP contribution >= 0.6 is 11.6 Å². The first-order chi connectivity index (χ1) is 18.1. The second-order valence-electron chi connectivity index (χ2n) is 7.98. The Kier molecular flexibility index (Phi) is 6.71. The number of halogens is 1. The van der Waals surface area contributed by atoms with E-state index in [0.29, 0.717) is 34.0 Å². The van der Waals surface area contributed by atoms with E-state index in [1.54, 1.807) is 30.3 Å². The van der Waals surface area contributed by atoms with Gasteiger partial charge in [0, 0.05) is 16.7 Å². The summed E-state index contributed by atoms with van der Waals surface area (Å²) in [7, 11) is 1.29. The molecule has 37 heavy (non-hydrogen) atoms. The van der Waals surface area contributed by atoms with Gasteiger partial charge >= 0.3 is 5.97 Å². The molecule has 0 atom stereocenters. The molecule has 2 aromatic heterocycles. The lowest BCUT2D eigenvalue weighted by atomic mass is 9.98. The molecule has 0 aliphatic carbocycles. The normalized spacial score (nSPS) is 10.9. The van der Waals surface area contributed by atoms with Gasteiger partial charge in [-0.15, -0.1) is 0 Å². The maximum atomic E-state index is 12.0. The van der Waals surface area contributed by atoms with E-state index >= 15 is 0 Å². The Balaban J connectivity index is 1.52. The molecule has 0 saturated heterocycles. The largest absolute Gasteiger partial charge is 0.465 e. The van der Waals surface area contributed by atoms with Gasteiger partial charge in [-0.2, -0.15) is 5.26 Å². The molecular formula is C30H19ClN2O4. The van der Waals surface area contributed by atoms with Gasteiger partial charge < -0.3 is 13.6 Å². The molecule has 3 aromatic carbocycles. The van der Waals surface area contributed by atoms with Gasteiger partial charge in [-0.3, -0.25) is 0 Å². The number of carbonyl (C=O) groups excluding carboxylic acids is 1. The van der Waals surface area contributed by atoms with E-state index in [0.717, 1.165) is 11.1 Å². The summed E-state index contributed by atoms with van der Waals surface area (Å²) in [5, 5.41) is 10.3. The van der Waals surface area contributed by atoms with Crippen LogP contribution in [0.4, 0.5) is 5.88 Å². The molecule has 0 spiro atoms. The lowest BCUT2D eigenvalue weighted by Crippen LogP contribution is -2.02. The number of hydrogen-bond donors (Lipinski definition) is 0. The van der Waals surface area contributed by atoms with Gasteiger partial charge in [-0.1, -0.05) is 72.3 Å². The zero-order valence-electron chi connectivity index (χ0n) is 19.6. The molecule has 0 aliphatic heterocycles. The van der Waals surface area contributed by atoms with Gasteiger partial charge in [-0.25, -0.2) is 9.79 Å². The molecule has 0 amide bonds. The molecule has 5 aromatic rings. The molecule has 5 rings (SSSR count). The first-order valence-corrected chi connectivity index (χ1v) is 11.7. The van der Waals surface area contributed by atoms with Gasteiger partial charge in [0.25, 0.3) is 0 Å². The number of nitriles is 1. The van der Waals surface area contributed by atoms with Crippen molar-refractivity contribution in [1.29, 1.82) is 5.26 Å². The summed E-state index contributed by atoms with van der Waals surface area (Å²) in [5.41, 5.74) is 3.59. The van der Waals surface area contributed by atoms with Crippen molar-refractivity contribution in [3.63, 3.8) is 0 Å². The number of aliphatic imine (C=N–C) groups is 1. The molecule has 0 fully saturated rings. The van der Waals surface area contributed by atoms with Gasteiger partial charge in [0.05, 0.1) is 23.9 Å². The van der Waals surface area contributed by atoms with Crippen molar-refractivity contribution >= 4 is 29.7 Å². The summed E-state index contributed by atoms with van der Waals surface area (Å²) in [5.74, 6) is 1.15. The third kappa shape index (κ3) is 4.81. The van der Waals surface area contributed by atoms with E-state index in [-0.39, 0.29) is 16.5 Å². The maximum Gasteiger partial charge on any atom is 0.339 e. The number of ether oxygens (including phenoxy) is 1. The highest BCUT2D eigenvalue weighted by atomic mass is 35.5. The van der Waals surface area contributed by atoms with Crippen LogP contribution in [0.3, 0.4) is 0 Å². The number of nitrogens with zero attached hydrogens (tertiary/aromatic N) is 2. The number of carbonyl (C=O) groups is 1. The van der Waals surface area contributed by atoms with Gasteiger partial charge in [0.1, 0.15) is 28.9 Å². The molecule has 0 unspecified atom stereocenters. The van der Waals surface area contributed by atoms with Crippen molar-refractivity contribution in [3.05, 3.63) is 113 Å². The SMILES string of the molecule is COC(=O)c1cc(-c2ccc(C=Nc3oc(-c4ccccc4)c(-c4ccccc4)c3C#N)o2)ccc1Cl. The Labute approximate surface area is 218 Å². The Morgan fingerprint density at radius 2 is 1.62 bits per heavy atom. The zero-order chi connectivity index (χ0) is 25.8. The van der Waals surface area contributed by atoms with E-state index in [2.05, 4.69) is 11.1 Å². The third-order valence-electron chi connectivity index (χ3n) is 5.69. The van der Waals surface area contributed by atoms with Crippen LogP contribution in [0, 0.1) is 11.3 Å². The second kappa shape index (κ2) is 10.4. The van der Waals surface area contributed by atoms with Crippen molar-refractivity contribution < 1.29 is 18.4 Å². The van der Waals surface area contributed by atoms with Crippen molar-refractivity contribution in [1.82, 2.24) is 0 Å². The number of methoxy groups -OCH3 is 1. The van der Waals surface area contributed by atoms with E-state index in [1.165, 1.54) is 13.3 Å². The summed E-state index contributed by atoms with van der Waals surface area (Å²) in [4.78, 5) is 16.4. The number of hydrogen-bond acceptors (Lipinski definition) is 6. The maximum absolute atomic E-state index is 12.0. The lowest BCUT2D eigenvalue weighted by molar-refractivity contribution is 0.0601. The average Bonchev–Trinajstić information content (AvgIpc) is 3.57. The van der Waals surface area contributed by atoms with Gasteiger partial charge in [0.15, 0.2) is 0 Å². The second-order valence-corrected chi connectivity index (χ2v) is 8.38. The zero-order valence-corrected chi connectivity index (χ0v) is 20.4. The highest BCUT2D eigenvalue weighted by Crippen LogP contribution is 2.42. The van der Waals surface area contributed by atoms with Crippen molar-refractivity contribution in [2.24, 2.45) is 4.99 Å².